The Morgan fingerprint density at radius 1 is 1.40 bits per heavy atom. The van der Waals surface area contributed by atoms with Crippen LogP contribution in [0.25, 0.3) is 0 Å². The molecule has 0 spiro atoms. The van der Waals surface area contributed by atoms with Gasteiger partial charge in [0.05, 0.1) is 19.0 Å². The first kappa shape index (κ1) is 15.0. The van der Waals surface area contributed by atoms with Crippen LogP contribution in [0.2, 0.25) is 19.6 Å². The molecule has 0 bridgehead atoms. The van der Waals surface area contributed by atoms with Crippen molar-refractivity contribution in [1.82, 2.24) is 0 Å². The van der Waals surface area contributed by atoms with Gasteiger partial charge in [-0.3, -0.25) is 0 Å². The minimum absolute atomic E-state index is 0.276. The lowest BCUT2D eigenvalue weighted by atomic mass is 10.00. The number of hydrogen-bond acceptors (Lipinski definition) is 3. The van der Waals surface area contributed by atoms with E-state index in [0.717, 1.165) is 11.3 Å². The van der Waals surface area contributed by atoms with Crippen LogP contribution in [-0.4, -0.2) is 30.2 Å². The van der Waals surface area contributed by atoms with Crippen molar-refractivity contribution in [1.29, 1.82) is 0 Å². The molecule has 0 aromatic heterocycles. The molecule has 2 atom stereocenters. The number of aliphatic hydroxyl groups is 1. The van der Waals surface area contributed by atoms with Gasteiger partial charge >= 0.3 is 0 Å². The summed E-state index contributed by atoms with van der Waals surface area (Å²) in [6, 6.07) is 9.99. The molecule has 4 heteroatoms. The van der Waals surface area contributed by atoms with E-state index in [-0.39, 0.29) is 6.10 Å². The van der Waals surface area contributed by atoms with E-state index < -0.39 is 13.3 Å². The van der Waals surface area contributed by atoms with Gasteiger partial charge < -0.3 is 9.94 Å². The van der Waals surface area contributed by atoms with E-state index >= 15 is 0 Å². The third kappa shape index (κ3) is 2.71. The average molecular weight is 289 g/mol. The highest BCUT2D eigenvalue weighted by molar-refractivity contribution is 6.79. The quantitative estimate of drug-likeness (QED) is 0.667. The summed E-state index contributed by atoms with van der Waals surface area (Å²) in [6.45, 7) is 10.2. The maximum absolute atomic E-state index is 11.1. The summed E-state index contributed by atoms with van der Waals surface area (Å²) < 4.78 is 0. The number of hydrogen-bond donors (Lipinski definition) is 1. The summed E-state index contributed by atoms with van der Waals surface area (Å²) in [5.74, 6) is 0. The standard InChI is InChI=1S/C16H23NO2Si/c1-5-11-16(18,20(2,3)4)15-12-14(17-19-15)13-9-7-6-8-10-13/h5-10,15,18H,1,11-12H2,2-4H3/t15-,16-/m0/s1. The Balaban J connectivity index is 2.19. The zero-order valence-electron chi connectivity index (χ0n) is 12.5. The largest absolute Gasteiger partial charge is 0.389 e. The Labute approximate surface area is 122 Å². The molecule has 0 saturated carbocycles. The van der Waals surface area contributed by atoms with Crippen molar-refractivity contribution in [2.75, 3.05) is 0 Å². The van der Waals surface area contributed by atoms with Gasteiger partial charge in [0, 0.05) is 6.42 Å². The van der Waals surface area contributed by atoms with Crippen LogP contribution in [0.1, 0.15) is 18.4 Å². The second-order valence-electron chi connectivity index (χ2n) is 6.37. The molecule has 1 aromatic rings. The fourth-order valence-corrected chi connectivity index (χ4v) is 4.45. The molecule has 0 unspecified atom stereocenters. The fraction of sp³-hybridized carbons (Fsp3) is 0.438. The molecule has 3 nitrogen and oxygen atoms in total. The van der Waals surface area contributed by atoms with E-state index in [1.54, 1.807) is 6.08 Å². The van der Waals surface area contributed by atoms with Crippen molar-refractivity contribution in [3.63, 3.8) is 0 Å². The van der Waals surface area contributed by atoms with Crippen molar-refractivity contribution in [2.45, 2.75) is 43.8 Å². The van der Waals surface area contributed by atoms with Gasteiger partial charge in [-0.15, -0.1) is 6.58 Å². The zero-order valence-corrected chi connectivity index (χ0v) is 13.5. The fourth-order valence-electron chi connectivity index (χ4n) is 2.58. The minimum Gasteiger partial charge on any atom is -0.389 e. The molecular weight excluding hydrogens is 266 g/mol. The van der Waals surface area contributed by atoms with Crippen molar-refractivity contribution in [3.8, 4) is 0 Å². The Hall–Kier alpha value is -1.39. The van der Waals surface area contributed by atoms with Gasteiger partial charge in [0.15, 0.2) is 6.10 Å². The van der Waals surface area contributed by atoms with Gasteiger partial charge in [-0.05, 0) is 12.0 Å². The van der Waals surface area contributed by atoms with Gasteiger partial charge in [0.2, 0.25) is 0 Å². The third-order valence-electron chi connectivity index (χ3n) is 4.06. The van der Waals surface area contributed by atoms with Crippen LogP contribution in [0.4, 0.5) is 0 Å². The summed E-state index contributed by atoms with van der Waals surface area (Å²) in [6.07, 6.45) is 2.70. The van der Waals surface area contributed by atoms with Crippen LogP contribution in [0.15, 0.2) is 48.1 Å². The molecule has 0 fully saturated rings. The topological polar surface area (TPSA) is 41.8 Å². The predicted octanol–water partition coefficient (Wildman–Crippen LogP) is 3.36. The summed E-state index contributed by atoms with van der Waals surface area (Å²) in [4.78, 5) is 5.59. The molecule has 2 rings (SSSR count). The highest BCUT2D eigenvalue weighted by Crippen LogP contribution is 2.35. The number of nitrogens with zero attached hydrogens (tertiary/aromatic N) is 1. The van der Waals surface area contributed by atoms with Crippen LogP contribution >= 0.6 is 0 Å². The van der Waals surface area contributed by atoms with E-state index in [1.807, 2.05) is 30.3 Å². The molecule has 1 aromatic carbocycles. The highest BCUT2D eigenvalue weighted by Gasteiger charge is 2.50. The summed E-state index contributed by atoms with van der Waals surface area (Å²) in [5, 5.41) is 14.5. The molecule has 1 N–H and O–H groups in total. The van der Waals surface area contributed by atoms with Crippen LogP contribution in [-0.2, 0) is 4.84 Å². The highest BCUT2D eigenvalue weighted by atomic mass is 28.3. The van der Waals surface area contributed by atoms with Crippen molar-refractivity contribution >= 4 is 13.8 Å². The Morgan fingerprint density at radius 3 is 2.60 bits per heavy atom. The first-order chi connectivity index (χ1) is 9.38. The van der Waals surface area contributed by atoms with Gasteiger partial charge in [-0.25, -0.2) is 0 Å². The molecule has 0 aliphatic carbocycles. The second kappa shape index (κ2) is 5.54. The second-order valence-corrected chi connectivity index (χ2v) is 11.7. The molecule has 0 amide bonds. The van der Waals surface area contributed by atoms with E-state index in [1.165, 1.54) is 0 Å². The van der Waals surface area contributed by atoms with Crippen LogP contribution < -0.4 is 0 Å². The van der Waals surface area contributed by atoms with E-state index in [9.17, 15) is 5.11 Å². The smallest absolute Gasteiger partial charge is 0.158 e. The van der Waals surface area contributed by atoms with E-state index in [4.69, 9.17) is 4.84 Å². The lowest BCUT2D eigenvalue weighted by molar-refractivity contribution is -0.0485. The lowest BCUT2D eigenvalue weighted by Gasteiger charge is -2.41. The lowest BCUT2D eigenvalue weighted by Crippen LogP contribution is -2.59. The van der Waals surface area contributed by atoms with Gasteiger partial charge in [0.25, 0.3) is 0 Å². The third-order valence-corrected chi connectivity index (χ3v) is 7.19. The Kier molecular flexibility index (Phi) is 4.16. The van der Waals surface area contributed by atoms with Gasteiger partial charge in [-0.2, -0.15) is 0 Å². The average Bonchev–Trinajstić information content (AvgIpc) is 2.88. The van der Waals surface area contributed by atoms with Gasteiger partial charge in [-0.1, -0.05) is 61.2 Å². The molecule has 1 heterocycles. The van der Waals surface area contributed by atoms with Crippen molar-refractivity contribution in [2.24, 2.45) is 5.16 Å². The van der Waals surface area contributed by atoms with Crippen molar-refractivity contribution < 1.29 is 9.94 Å². The predicted molar refractivity (Wildman–Crippen MR) is 85.6 cm³/mol. The summed E-state index contributed by atoms with van der Waals surface area (Å²) in [5.41, 5.74) is 1.97. The molecule has 108 valence electrons. The Morgan fingerprint density at radius 2 is 2.05 bits per heavy atom. The number of oxime groups is 1. The molecule has 1 aliphatic rings. The number of rotatable bonds is 5. The monoisotopic (exact) mass is 289 g/mol. The van der Waals surface area contributed by atoms with Crippen LogP contribution in [0.3, 0.4) is 0 Å². The van der Waals surface area contributed by atoms with Crippen LogP contribution in [0.5, 0.6) is 0 Å². The maximum atomic E-state index is 11.1. The summed E-state index contributed by atoms with van der Waals surface area (Å²) in [7, 11) is -1.84. The molecule has 1 aliphatic heterocycles. The van der Waals surface area contributed by atoms with Crippen LogP contribution in [0, 0.1) is 0 Å². The molecule has 0 radical (unpaired) electrons. The minimum atomic E-state index is -1.84. The first-order valence-corrected chi connectivity index (χ1v) is 10.5. The first-order valence-electron chi connectivity index (χ1n) is 7.00. The van der Waals surface area contributed by atoms with E-state index in [2.05, 4.69) is 31.4 Å². The molecule has 0 saturated heterocycles. The molecular formula is C16H23NO2Si. The Bertz CT molecular complexity index is 507. The summed E-state index contributed by atoms with van der Waals surface area (Å²) >= 11 is 0. The number of benzene rings is 1. The molecule has 20 heavy (non-hydrogen) atoms. The van der Waals surface area contributed by atoms with E-state index in [0.29, 0.717) is 12.8 Å². The zero-order chi connectivity index (χ0) is 14.8. The SMILES string of the molecule is C=CC[C@@](O)([C@@H]1CC(c2ccccc2)=NO1)[Si](C)(C)C. The van der Waals surface area contributed by atoms with Gasteiger partial charge in [0.1, 0.15) is 0 Å². The maximum Gasteiger partial charge on any atom is 0.158 e. The normalized spacial score (nSPS) is 21.8. The van der Waals surface area contributed by atoms with Crippen molar-refractivity contribution in [3.05, 3.63) is 48.6 Å².